The molecule has 0 amide bonds. The normalized spacial score (nSPS) is 10.3. The van der Waals surface area contributed by atoms with Crippen molar-refractivity contribution in [3.63, 3.8) is 0 Å². The highest BCUT2D eigenvalue weighted by atomic mass is 35.5. The molecule has 2 rings (SSSR count). The summed E-state index contributed by atoms with van der Waals surface area (Å²) in [5.41, 5.74) is 1.73. The predicted octanol–water partition coefficient (Wildman–Crippen LogP) is 4.14. The van der Waals surface area contributed by atoms with Crippen LogP contribution in [0, 0.1) is 6.92 Å². The molecule has 1 aromatic heterocycles. The summed E-state index contributed by atoms with van der Waals surface area (Å²) in [6, 6.07) is 6.84. The van der Waals surface area contributed by atoms with Crippen LogP contribution in [0.15, 0.2) is 30.5 Å². The Morgan fingerprint density at radius 1 is 1.26 bits per heavy atom. The van der Waals surface area contributed by atoms with Crippen molar-refractivity contribution in [2.75, 3.05) is 5.32 Å². The van der Waals surface area contributed by atoms with Crippen molar-refractivity contribution >= 4 is 40.7 Å². The van der Waals surface area contributed by atoms with E-state index in [-0.39, 0.29) is 10.6 Å². The van der Waals surface area contributed by atoms with Gasteiger partial charge in [0, 0.05) is 6.20 Å². The van der Waals surface area contributed by atoms with E-state index in [1.807, 2.05) is 19.1 Å². The number of hydrogen-bond acceptors (Lipinski definition) is 3. The Morgan fingerprint density at radius 3 is 2.63 bits per heavy atom. The highest BCUT2D eigenvalue weighted by molar-refractivity contribution is 6.34. The van der Waals surface area contributed by atoms with Crippen LogP contribution in [0.1, 0.15) is 15.9 Å². The number of aromatic carboxylic acids is 1. The molecule has 19 heavy (non-hydrogen) atoms. The molecule has 0 radical (unpaired) electrons. The zero-order chi connectivity index (χ0) is 14.0. The van der Waals surface area contributed by atoms with Crippen LogP contribution in [0.25, 0.3) is 0 Å². The molecule has 0 unspecified atom stereocenters. The van der Waals surface area contributed by atoms with E-state index in [9.17, 15) is 4.79 Å². The molecule has 0 atom stereocenters. The van der Waals surface area contributed by atoms with Gasteiger partial charge in [-0.15, -0.1) is 0 Å². The second kappa shape index (κ2) is 5.47. The Kier molecular flexibility index (Phi) is 3.93. The van der Waals surface area contributed by atoms with Gasteiger partial charge in [0.05, 0.1) is 21.3 Å². The third-order valence-electron chi connectivity index (χ3n) is 2.46. The van der Waals surface area contributed by atoms with E-state index in [1.54, 1.807) is 6.07 Å². The van der Waals surface area contributed by atoms with Gasteiger partial charge in [0.25, 0.3) is 0 Å². The van der Waals surface area contributed by atoms with Gasteiger partial charge in [-0.3, -0.25) is 0 Å². The second-order valence-corrected chi connectivity index (χ2v) is 4.78. The predicted molar refractivity (Wildman–Crippen MR) is 75.7 cm³/mol. The SMILES string of the molecule is Cc1ccc(Cl)c(Nc2ncc(C(=O)O)cc2Cl)c1. The molecule has 1 heterocycles. The third-order valence-corrected chi connectivity index (χ3v) is 3.08. The molecule has 98 valence electrons. The average Bonchev–Trinajstić information content (AvgIpc) is 2.36. The Hall–Kier alpha value is -1.78. The van der Waals surface area contributed by atoms with Crippen molar-refractivity contribution in [2.45, 2.75) is 6.92 Å². The molecule has 0 spiro atoms. The standard InChI is InChI=1S/C13H10Cl2N2O2/c1-7-2-3-9(14)11(4-7)17-12-10(15)5-8(6-16-12)13(18)19/h2-6H,1H3,(H,16,17)(H,18,19). The lowest BCUT2D eigenvalue weighted by Crippen LogP contribution is -2.01. The minimum atomic E-state index is -1.07. The van der Waals surface area contributed by atoms with Crippen LogP contribution in [0.2, 0.25) is 10.0 Å². The number of benzene rings is 1. The summed E-state index contributed by atoms with van der Waals surface area (Å²) in [5, 5.41) is 12.6. The highest BCUT2D eigenvalue weighted by Crippen LogP contribution is 2.29. The molecule has 2 aromatic rings. The lowest BCUT2D eigenvalue weighted by atomic mass is 10.2. The zero-order valence-corrected chi connectivity index (χ0v) is 11.5. The zero-order valence-electron chi connectivity index (χ0n) is 9.95. The number of rotatable bonds is 3. The maximum atomic E-state index is 10.8. The summed E-state index contributed by atoms with van der Waals surface area (Å²) < 4.78 is 0. The molecule has 2 N–H and O–H groups in total. The maximum absolute atomic E-state index is 10.8. The van der Waals surface area contributed by atoms with E-state index in [0.717, 1.165) is 5.56 Å². The number of aromatic nitrogens is 1. The Labute approximate surface area is 120 Å². The van der Waals surface area contributed by atoms with Crippen molar-refractivity contribution in [3.8, 4) is 0 Å². The first kappa shape index (κ1) is 13.6. The minimum Gasteiger partial charge on any atom is -0.478 e. The fraction of sp³-hybridized carbons (Fsp3) is 0.0769. The molecule has 0 aliphatic heterocycles. The number of halogens is 2. The van der Waals surface area contributed by atoms with Gasteiger partial charge in [0.15, 0.2) is 0 Å². The van der Waals surface area contributed by atoms with Crippen LogP contribution >= 0.6 is 23.2 Å². The Balaban J connectivity index is 2.33. The Morgan fingerprint density at radius 2 is 2.00 bits per heavy atom. The molecule has 6 heteroatoms. The number of carbonyl (C=O) groups is 1. The van der Waals surface area contributed by atoms with E-state index in [2.05, 4.69) is 10.3 Å². The summed E-state index contributed by atoms with van der Waals surface area (Å²) in [7, 11) is 0. The van der Waals surface area contributed by atoms with Gasteiger partial charge in [-0.05, 0) is 30.7 Å². The number of nitrogens with one attached hydrogen (secondary N) is 1. The van der Waals surface area contributed by atoms with Crippen molar-refractivity contribution in [2.24, 2.45) is 0 Å². The van der Waals surface area contributed by atoms with Crippen molar-refractivity contribution in [1.82, 2.24) is 4.98 Å². The monoisotopic (exact) mass is 296 g/mol. The molecular weight excluding hydrogens is 287 g/mol. The first-order valence-electron chi connectivity index (χ1n) is 5.39. The number of hydrogen-bond donors (Lipinski definition) is 2. The van der Waals surface area contributed by atoms with E-state index in [1.165, 1.54) is 12.3 Å². The van der Waals surface area contributed by atoms with Gasteiger partial charge < -0.3 is 10.4 Å². The molecule has 0 saturated heterocycles. The van der Waals surface area contributed by atoms with Crippen LogP contribution in [0.4, 0.5) is 11.5 Å². The minimum absolute atomic E-state index is 0.0332. The first-order valence-corrected chi connectivity index (χ1v) is 6.15. The molecule has 0 aliphatic carbocycles. The molecular formula is C13H10Cl2N2O2. The molecule has 0 fully saturated rings. The number of nitrogens with zero attached hydrogens (tertiary/aromatic N) is 1. The summed E-state index contributed by atoms with van der Waals surface area (Å²) >= 11 is 12.0. The lowest BCUT2D eigenvalue weighted by molar-refractivity contribution is 0.0696. The van der Waals surface area contributed by atoms with Gasteiger partial charge in [0.1, 0.15) is 5.82 Å². The quantitative estimate of drug-likeness (QED) is 0.893. The fourth-order valence-electron chi connectivity index (χ4n) is 1.51. The summed E-state index contributed by atoms with van der Waals surface area (Å²) in [4.78, 5) is 14.8. The van der Waals surface area contributed by atoms with Gasteiger partial charge in [-0.1, -0.05) is 29.3 Å². The fourth-order valence-corrected chi connectivity index (χ4v) is 1.89. The van der Waals surface area contributed by atoms with E-state index in [0.29, 0.717) is 16.5 Å². The molecule has 0 aliphatic rings. The van der Waals surface area contributed by atoms with E-state index >= 15 is 0 Å². The lowest BCUT2D eigenvalue weighted by Gasteiger charge is -2.10. The van der Waals surface area contributed by atoms with Crippen LogP contribution in [0.5, 0.6) is 0 Å². The molecule has 1 aromatic carbocycles. The highest BCUT2D eigenvalue weighted by Gasteiger charge is 2.10. The number of pyridine rings is 1. The summed E-state index contributed by atoms with van der Waals surface area (Å²) in [5.74, 6) is -0.714. The number of carboxylic acid groups (broad SMARTS) is 1. The van der Waals surface area contributed by atoms with Crippen LogP contribution < -0.4 is 5.32 Å². The molecule has 4 nitrogen and oxygen atoms in total. The Bertz CT molecular complexity index is 645. The summed E-state index contributed by atoms with van der Waals surface area (Å²) in [6.45, 7) is 1.93. The van der Waals surface area contributed by atoms with Gasteiger partial charge >= 0.3 is 5.97 Å². The topological polar surface area (TPSA) is 62.2 Å². The van der Waals surface area contributed by atoms with E-state index in [4.69, 9.17) is 28.3 Å². The molecule has 0 bridgehead atoms. The largest absolute Gasteiger partial charge is 0.478 e. The smallest absolute Gasteiger partial charge is 0.337 e. The van der Waals surface area contributed by atoms with Crippen LogP contribution in [0.3, 0.4) is 0 Å². The van der Waals surface area contributed by atoms with Gasteiger partial charge in [0.2, 0.25) is 0 Å². The van der Waals surface area contributed by atoms with Gasteiger partial charge in [-0.25, -0.2) is 9.78 Å². The first-order chi connectivity index (χ1) is 8.97. The maximum Gasteiger partial charge on any atom is 0.337 e. The molecule has 0 saturated carbocycles. The van der Waals surface area contributed by atoms with Crippen LogP contribution in [-0.2, 0) is 0 Å². The summed E-state index contributed by atoms with van der Waals surface area (Å²) in [6.07, 6.45) is 1.24. The van der Waals surface area contributed by atoms with Crippen LogP contribution in [-0.4, -0.2) is 16.1 Å². The van der Waals surface area contributed by atoms with Crippen molar-refractivity contribution in [1.29, 1.82) is 0 Å². The second-order valence-electron chi connectivity index (χ2n) is 3.97. The number of anilines is 2. The average molecular weight is 297 g/mol. The number of aryl methyl sites for hydroxylation is 1. The van der Waals surface area contributed by atoms with Gasteiger partial charge in [-0.2, -0.15) is 0 Å². The van der Waals surface area contributed by atoms with Crippen molar-refractivity contribution < 1.29 is 9.90 Å². The third kappa shape index (κ3) is 3.16. The van der Waals surface area contributed by atoms with E-state index < -0.39 is 5.97 Å². The number of carboxylic acids is 1. The van der Waals surface area contributed by atoms with Crippen molar-refractivity contribution in [3.05, 3.63) is 51.6 Å².